The van der Waals surface area contributed by atoms with Crippen molar-refractivity contribution in [2.75, 3.05) is 26.8 Å². The van der Waals surface area contributed by atoms with Crippen molar-refractivity contribution in [2.45, 2.75) is 13.5 Å². The van der Waals surface area contributed by atoms with Crippen LogP contribution in [0.1, 0.15) is 12.8 Å². The van der Waals surface area contributed by atoms with Gasteiger partial charge in [-0.25, -0.2) is 0 Å². The van der Waals surface area contributed by atoms with E-state index in [0.717, 1.165) is 5.56 Å². The summed E-state index contributed by atoms with van der Waals surface area (Å²) in [6, 6.07) is 7.16. The van der Waals surface area contributed by atoms with E-state index in [9.17, 15) is 10.2 Å². The molecule has 0 fully saturated rings. The summed E-state index contributed by atoms with van der Waals surface area (Å²) < 4.78 is 5.63. The van der Waals surface area contributed by atoms with E-state index >= 15 is 0 Å². The first-order valence-corrected chi connectivity index (χ1v) is 7.32. The minimum absolute atomic E-state index is 0.0896. The molecule has 0 bridgehead atoms. The first-order chi connectivity index (χ1) is 10.5. The average Bonchev–Trinajstić information content (AvgIpc) is 2.96. The highest BCUT2D eigenvalue weighted by atomic mass is 35.5. The van der Waals surface area contributed by atoms with Gasteiger partial charge in [0.05, 0.1) is 19.8 Å². The molecule has 0 radical (unpaired) electrons. The Labute approximate surface area is 134 Å². The molecule has 6 nitrogen and oxygen atoms in total. The summed E-state index contributed by atoms with van der Waals surface area (Å²) >= 11 is 5.85. The van der Waals surface area contributed by atoms with Gasteiger partial charge >= 0.3 is 0 Å². The summed E-state index contributed by atoms with van der Waals surface area (Å²) in [6.45, 7) is 2.59. The first-order valence-electron chi connectivity index (χ1n) is 6.94. The van der Waals surface area contributed by atoms with Gasteiger partial charge in [0.1, 0.15) is 0 Å². The molecule has 1 aromatic carbocycles. The van der Waals surface area contributed by atoms with Crippen LogP contribution in [-0.4, -0.2) is 52.1 Å². The molecule has 7 heteroatoms. The highest BCUT2D eigenvalue weighted by molar-refractivity contribution is 6.30. The Bertz CT molecular complexity index is 596. The summed E-state index contributed by atoms with van der Waals surface area (Å²) in [5.41, 5.74) is 0.245. The summed E-state index contributed by atoms with van der Waals surface area (Å²) in [5, 5.41) is 27.3. The number of hydrogen-bond donors (Lipinski definition) is 2. The smallest absolute Gasteiger partial charge is 0.247 e. The molecule has 1 aromatic heterocycles. The van der Waals surface area contributed by atoms with E-state index < -0.39 is 5.41 Å². The Morgan fingerprint density at radius 3 is 2.41 bits per heavy atom. The molecule has 0 saturated heterocycles. The van der Waals surface area contributed by atoms with Gasteiger partial charge in [-0.3, -0.25) is 4.90 Å². The highest BCUT2D eigenvalue weighted by Gasteiger charge is 2.25. The lowest BCUT2D eigenvalue weighted by Gasteiger charge is -2.29. The van der Waals surface area contributed by atoms with Crippen molar-refractivity contribution in [2.24, 2.45) is 5.41 Å². The van der Waals surface area contributed by atoms with Gasteiger partial charge in [0.15, 0.2) is 0 Å². The summed E-state index contributed by atoms with van der Waals surface area (Å²) in [5.74, 6) is 0.915. The maximum atomic E-state index is 9.33. The van der Waals surface area contributed by atoms with Crippen LogP contribution in [0.25, 0.3) is 11.5 Å². The van der Waals surface area contributed by atoms with Gasteiger partial charge in [0.2, 0.25) is 11.8 Å². The number of rotatable bonds is 7. The number of hydrogen-bond acceptors (Lipinski definition) is 6. The third-order valence-electron chi connectivity index (χ3n) is 3.38. The molecule has 0 unspecified atom stereocenters. The Morgan fingerprint density at radius 2 is 1.82 bits per heavy atom. The number of benzene rings is 1. The quantitative estimate of drug-likeness (QED) is 0.808. The number of nitrogens with zero attached hydrogens (tertiary/aromatic N) is 3. The van der Waals surface area contributed by atoms with E-state index in [1.54, 1.807) is 12.1 Å². The zero-order valence-electron chi connectivity index (χ0n) is 12.7. The molecule has 0 aliphatic carbocycles. The van der Waals surface area contributed by atoms with Gasteiger partial charge in [0.25, 0.3) is 0 Å². The predicted molar refractivity (Wildman–Crippen MR) is 83.4 cm³/mol. The molecule has 2 N–H and O–H groups in total. The van der Waals surface area contributed by atoms with Gasteiger partial charge in [-0.05, 0) is 31.3 Å². The van der Waals surface area contributed by atoms with Gasteiger partial charge in [-0.2, -0.15) is 0 Å². The number of aliphatic hydroxyl groups excluding tert-OH is 2. The van der Waals surface area contributed by atoms with Crippen molar-refractivity contribution >= 4 is 11.6 Å². The van der Waals surface area contributed by atoms with Crippen molar-refractivity contribution in [3.05, 3.63) is 35.2 Å². The SMILES string of the molecule is CN(Cc1nnc(-c2ccc(Cl)cc2)o1)CC(C)(CO)CO. The molecular weight excluding hydrogens is 306 g/mol. The van der Waals surface area contributed by atoms with Crippen molar-refractivity contribution in [1.82, 2.24) is 15.1 Å². The third kappa shape index (κ3) is 4.27. The van der Waals surface area contributed by atoms with Crippen LogP contribution in [0.5, 0.6) is 0 Å². The maximum absolute atomic E-state index is 9.33. The van der Waals surface area contributed by atoms with E-state index in [0.29, 0.717) is 29.9 Å². The van der Waals surface area contributed by atoms with Crippen LogP contribution in [0, 0.1) is 5.41 Å². The lowest BCUT2D eigenvalue weighted by molar-refractivity contribution is 0.0383. The van der Waals surface area contributed by atoms with Crippen molar-refractivity contribution in [3.63, 3.8) is 0 Å². The van der Waals surface area contributed by atoms with Gasteiger partial charge in [-0.15, -0.1) is 10.2 Å². The monoisotopic (exact) mass is 325 g/mol. The van der Waals surface area contributed by atoms with E-state index in [2.05, 4.69) is 10.2 Å². The molecular formula is C15H20ClN3O3. The van der Waals surface area contributed by atoms with Crippen LogP contribution in [-0.2, 0) is 6.54 Å². The van der Waals surface area contributed by atoms with Gasteiger partial charge < -0.3 is 14.6 Å². The van der Waals surface area contributed by atoms with Crippen LogP contribution in [0.4, 0.5) is 0 Å². The largest absolute Gasteiger partial charge is 0.419 e. The minimum Gasteiger partial charge on any atom is -0.419 e. The van der Waals surface area contributed by atoms with E-state index in [-0.39, 0.29) is 13.2 Å². The van der Waals surface area contributed by atoms with Crippen LogP contribution in [0.3, 0.4) is 0 Å². The van der Waals surface area contributed by atoms with Crippen LogP contribution in [0.2, 0.25) is 5.02 Å². The first kappa shape index (κ1) is 16.9. The number of aromatic nitrogens is 2. The normalized spacial score (nSPS) is 12.1. The standard InChI is InChI=1S/C15H20ClN3O3/c1-15(9-20,10-21)8-19(2)7-13-17-18-14(22-13)11-3-5-12(16)6-4-11/h3-6,20-21H,7-10H2,1-2H3. The second-order valence-corrected chi connectivity index (χ2v) is 6.24. The zero-order chi connectivity index (χ0) is 16.2. The number of aliphatic hydroxyl groups is 2. The maximum Gasteiger partial charge on any atom is 0.247 e. The Balaban J connectivity index is 2.01. The van der Waals surface area contributed by atoms with E-state index in [4.69, 9.17) is 16.0 Å². The zero-order valence-corrected chi connectivity index (χ0v) is 13.4. The molecule has 0 spiro atoms. The lowest BCUT2D eigenvalue weighted by atomic mass is 9.92. The van der Waals surface area contributed by atoms with E-state index in [1.165, 1.54) is 0 Å². The fraction of sp³-hybridized carbons (Fsp3) is 0.467. The molecule has 0 atom stereocenters. The van der Waals surface area contributed by atoms with Gasteiger partial charge in [0, 0.05) is 22.5 Å². The van der Waals surface area contributed by atoms with Crippen molar-refractivity contribution < 1.29 is 14.6 Å². The fourth-order valence-electron chi connectivity index (χ4n) is 2.12. The summed E-state index contributed by atoms with van der Waals surface area (Å²) in [6.07, 6.45) is 0. The van der Waals surface area contributed by atoms with Gasteiger partial charge in [-0.1, -0.05) is 18.5 Å². The second kappa shape index (κ2) is 7.19. The van der Waals surface area contributed by atoms with E-state index in [1.807, 2.05) is 31.0 Å². The van der Waals surface area contributed by atoms with Crippen LogP contribution in [0.15, 0.2) is 28.7 Å². The third-order valence-corrected chi connectivity index (χ3v) is 3.63. The minimum atomic E-state index is -0.562. The van der Waals surface area contributed by atoms with Crippen LogP contribution < -0.4 is 0 Å². The molecule has 120 valence electrons. The molecule has 1 heterocycles. The molecule has 0 aliphatic heterocycles. The summed E-state index contributed by atoms with van der Waals surface area (Å²) in [4.78, 5) is 1.92. The molecule has 0 saturated carbocycles. The molecule has 2 rings (SSSR count). The van der Waals surface area contributed by atoms with Crippen molar-refractivity contribution in [3.8, 4) is 11.5 Å². The highest BCUT2D eigenvalue weighted by Crippen LogP contribution is 2.21. The predicted octanol–water partition coefficient (Wildman–Crippen LogP) is 1.81. The Hall–Kier alpha value is -1.47. The Morgan fingerprint density at radius 1 is 1.18 bits per heavy atom. The molecule has 2 aromatic rings. The topological polar surface area (TPSA) is 82.6 Å². The van der Waals surface area contributed by atoms with Crippen LogP contribution >= 0.6 is 11.6 Å². The second-order valence-electron chi connectivity index (χ2n) is 5.81. The molecule has 0 amide bonds. The molecule has 0 aliphatic rings. The lowest BCUT2D eigenvalue weighted by Crippen LogP contribution is -2.38. The average molecular weight is 326 g/mol. The Kier molecular flexibility index (Phi) is 5.52. The molecule has 22 heavy (non-hydrogen) atoms. The number of halogens is 1. The van der Waals surface area contributed by atoms with Crippen molar-refractivity contribution in [1.29, 1.82) is 0 Å². The summed E-state index contributed by atoms with van der Waals surface area (Å²) in [7, 11) is 1.87. The fourth-order valence-corrected chi connectivity index (χ4v) is 2.24.